The maximum Gasteiger partial charge on any atom is 0.227 e. The number of likely N-dealkylation sites (N-methyl/N-ethyl adjacent to an activating group) is 1. The molecular weight excluding hydrogens is 296 g/mol. The summed E-state index contributed by atoms with van der Waals surface area (Å²) in [6.07, 6.45) is 1.35. The molecule has 2 aromatic rings. The summed E-state index contributed by atoms with van der Waals surface area (Å²) in [6, 6.07) is 4.14. The van der Waals surface area contributed by atoms with Gasteiger partial charge in [0.1, 0.15) is 0 Å². The van der Waals surface area contributed by atoms with Crippen molar-refractivity contribution in [3.05, 3.63) is 36.9 Å². The van der Waals surface area contributed by atoms with E-state index in [1.54, 1.807) is 16.2 Å². The highest BCUT2D eigenvalue weighted by Gasteiger charge is 2.13. The lowest BCUT2D eigenvalue weighted by atomic mass is 10.2. The van der Waals surface area contributed by atoms with Crippen LogP contribution in [-0.4, -0.2) is 29.4 Å². The molecule has 0 unspecified atom stereocenters. The summed E-state index contributed by atoms with van der Waals surface area (Å²) in [7, 11) is 1.86. The molecule has 6 heteroatoms. The maximum absolute atomic E-state index is 12.1. The molecule has 0 saturated carbocycles. The highest BCUT2D eigenvalue weighted by molar-refractivity contribution is 7.73. The van der Waals surface area contributed by atoms with Gasteiger partial charge in [-0.05, 0) is 37.0 Å². The first-order valence-electron chi connectivity index (χ1n) is 6.01. The van der Waals surface area contributed by atoms with E-state index >= 15 is 0 Å². The van der Waals surface area contributed by atoms with Gasteiger partial charge in [0.25, 0.3) is 0 Å². The molecule has 0 atom stereocenters. The molecule has 102 valence electrons. The Labute approximate surface area is 125 Å². The normalized spacial score (nSPS) is 10.6. The molecule has 2 aromatic heterocycles. The SMILES string of the molecule is Cc1[nH]c(=S)sc1CC(=O)N(C)CCc1cccs1. The first-order valence-corrected chi connectivity index (χ1v) is 8.11. The van der Waals surface area contributed by atoms with Crippen molar-refractivity contribution in [2.75, 3.05) is 13.6 Å². The van der Waals surface area contributed by atoms with Crippen molar-refractivity contribution < 1.29 is 4.79 Å². The molecule has 0 saturated heterocycles. The Morgan fingerprint density at radius 2 is 2.32 bits per heavy atom. The molecule has 2 heterocycles. The van der Waals surface area contributed by atoms with Crippen LogP contribution in [0.1, 0.15) is 15.4 Å². The molecule has 0 aliphatic heterocycles. The molecular formula is C13H16N2OS3. The van der Waals surface area contributed by atoms with Crippen LogP contribution in [0.3, 0.4) is 0 Å². The van der Waals surface area contributed by atoms with E-state index in [9.17, 15) is 4.79 Å². The second-order valence-electron chi connectivity index (χ2n) is 4.38. The van der Waals surface area contributed by atoms with Gasteiger partial charge in [-0.3, -0.25) is 4.79 Å². The number of thiophene rings is 1. The van der Waals surface area contributed by atoms with E-state index in [0.29, 0.717) is 6.42 Å². The van der Waals surface area contributed by atoms with Gasteiger partial charge in [-0.15, -0.1) is 22.7 Å². The summed E-state index contributed by atoms with van der Waals surface area (Å²) in [5.74, 6) is 0.143. The van der Waals surface area contributed by atoms with Gasteiger partial charge < -0.3 is 9.88 Å². The van der Waals surface area contributed by atoms with Crippen LogP contribution in [0.2, 0.25) is 0 Å². The molecule has 0 fully saturated rings. The van der Waals surface area contributed by atoms with Crippen molar-refractivity contribution in [3.8, 4) is 0 Å². The largest absolute Gasteiger partial charge is 0.345 e. The van der Waals surface area contributed by atoms with Crippen molar-refractivity contribution in [3.63, 3.8) is 0 Å². The number of aromatic amines is 1. The Hall–Kier alpha value is -0.980. The van der Waals surface area contributed by atoms with Crippen LogP contribution in [0.4, 0.5) is 0 Å². The molecule has 2 rings (SSSR count). The third-order valence-corrected chi connectivity index (χ3v) is 5.21. The predicted octanol–water partition coefficient (Wildman–Crippen LogP) is 3.42. The molecule has 1 N–H and O–H groups in total. The average Bonchev–Trinajstić information content (AvgIpc) is 2.97. The van der Waals surface area contributed by atoms with Gasteiger partial charge in [-0.2, -0.15) is 0 Å². The van der Waals surface area contributed by atoms with Crippen LogP contribution in [0.25, 0.3) is 0 Å². The fraction of sp³-hybridized carbons (Fsp3) is 0.385. The minimum absolute atomic E-state index is 0.143. The number of amides is 1. The average molecular weight is 312 g/mol. The second-order valence-corrected chi connectivity index (χ2v) is 7.19. The standard InChI is InChI=1S/C13H16N2OS3/c1-9-11(19-13(17)14-9)8-12(16)15(2)6-5-10-4-3-7-18-10/h3-4,7H,5-6,8H2,1-2H3,(H,14,17). The molecule has 3 nitrogen and oxygen atoms in total. The Bertz CT molecular complexity index is 598. The number of rotatable bonds is 5. The zero-order valence-corrected chi connectivity index (χ0v) is 13.4. The quantitative estimate of drug-likeness (QED) is 0.859. The predicted molar refractivity (Wildman–Crippen MR) is 83.6 cm³/mol. The van der Waals surface area contributed by atoms with E-state index in [2.05, 4.69) is 16.4 Å². The summed E-state index contributed by atoms with van der Waals surface area (Å²) in [5.41, 5.74) is 1.01. The molecule has 0 aliphatic carbocycles. The zero-order chi connectivity index (χ0) is 13.8. The van der Waals surface area contributed by atoms with Crippen molar-refractivity contribution in [2.45, 2.75) is 19.8 Å². The number of carbonyl (C=O) groups is 1. The topological polar surface area (TPSA) is 36.1 Å². The van der Waals surface area contributed by atoms with Gasteiger partial charge >= 0.3 is 0 Å². The fourth-order valence-corrected chi connectivity index (χ4v) is 3.72. The Morgan fingerprint density at radius 3 is 2.89 bits per heavy atom. The lowest BCUT2D eigenvalue weighted by Crippen LogP contribution is -2.30. The number of hydrogen-bond acceptors (Lipinski definition) is 4. The van der Waals surface area contributed by atoms with E-state index in [4.69, 9.17) is 12.2 Å². The highest BCUT2D eigenvalue weighted by atomic mass is 32.1. The number of H-pyrrole nitrogens is 1. The molecule has 1 amide bonds. The zero-order valence-electron chi connectivity index (χ0n) is 10.9. The number of thiazole rings is 1. The lowest BCUT2D eigenvalue weighted by molar-refractivity contribution is -0.129. The Balaban J connectivity index is 1.89. The minimum atomic E-state index is 0.143. The monoisotopic (exact) mass is 312 g/mol. The number of aryl methyl sites for hydroxylation is 1. The Morgan fingerprint density at radius 1 is 1.53 bits per heavy atom. The third kappa shape index (κ3) is 3.99. The summed E-state index contributed by atoms with van der Waals surface area (Å²) in [6.45, 7) is 2.72. The van der Waals surface area contributed by atoms with Gasteiger partial charge in [-0.25, -0.2) is 0 Å². The summed E-state index contributed by atoms with van der Waals surface area (Å²) < 4.78 is 0.738. The van der Waals surface area contributed by atoms with Gasteiger partial charge in [0, 0.05) is 29.0 Å². The smallest absolute Gasteiger partial charge is 0.227 e. The van der Waals surface area contributed by atoms with E-state index in [-0.39, 0.29) is 5.91 Å². The summed E-state index contributed by atoms with van der Waals surface area (Å²) >= 11 is 8.31. The van der Waals surface area contributed by atoms with Crippen LogP contribution >= 0.6 is 34.9 Å². The van der Waals surface area contributed by atoms with Crippen LogP contribution < -0.4 is 0 Å². The van der Waals surface area contributed by atoms with Gasteiger partial charge in [-0.1, -0.05) is 6.07 Å². The molecule has 0 aliphatic rings. The maximum atomic E-state index is 12.1. The molecule has 0 radical (unpaired) electrons. The van der Waals surface area contributed by atoms with Crippen molar-refractivity contribution in [1.29, 1.82) is 0 Å². The minimum Gasteiger partial charge on any atom is -0.345 e. The number of nitrogens with one attached hydrogen (secondary N) is 1. The first-order chi connectivity index (χ1) is 9.06. The van der Waals surface area contributed by atoms with E-state index < -0.39 is 0 Å². The number of carbonyl (C=O) groups excluding carboxylic acids is 1. The number of aromatic nitrogens is 1. The number of nitrogens with zero attached hydrogens (tertiary/aromatic N) is 1. The first kappa shape index (κ1) is 14.4. The van der Waals surface area contributed by atoms with Crippen molar-refractivity contribution in [2.24, 2.45) is 0 Å². The molecule has 19 heavy (non-hydrogen) atoms. The van der Waals surface area contributed by atoms with Crippen LogP contribution in [-0.2, 0) is 17.6 Å². The van der Waals surface area contributed by atoms with Crippen molar-refractivity contribution in [1.82, 2.24) is 9.88 Å². The van der Waals surface area contributed by atoms with Crippen LogP contribution in [0.5, 0.6) is 0 Å². The molecule has 0 aromatic carbocycles. The van der Waals surface area contributed by atoms with E-state index in [0.717, 1.165) is 27.5 Å². The van der Waals surface area contributed by atoms with Gasteiger partial charge in [0.15, 0.2) is 3.95 Å². The third-order valence-electron chi connectivity index (χ3n) is 2.93. The molecule has 0 spiro atoms. The van der Waals surface area contributed by atoms with Crippen LogP contribution in [0, 0.1) is 10.9 Å². The summed E-state index contributed by atoms with van der Waals surface area (Å²) in [5, 5.41) is 2.06. The van der Waals surface area contributed by atoms with Crippen molar-refractivity contribution >= 4 is 40.8 Å². The van der Waals surface area contributed by atoms with Crippen LogP contribution in [0.15, 0.2) is 17.5 Å². The Kier molecular flexibility index (Phi) is 4.90. The molecule has 0 bridgehead atoms. The van der Waals surface area contributed by atoms with E-state index in [1.807, 2.05) is 20.0 Å². The highest BCUT2D eigenvalue weighted by Crippen LogP contribution is 2.16. The van der Waals surface area contributed by atoms with Gasteiger partial charge in [0.05, 0.1) is 6.42 Å². The fourth-order valence-electron chi connectivity index (χ4n) is 1.74. The summed E-state index contributed by atoms with van der Waals surface area (Å²) in [4.78, 5) is 19.3. The van der Waals surface area contributed by atoms with Gasteiger partial charge in [0.2, 0.25) is 5.91 Å². The lowest BCUT2D eigenvalue weighted by Gasteiger charge is -2.16. The number of hydrogen-bond donors (Lipinski definition) is 1. The van der Waals surface area contributed by atoms with E-state index in [1.165, 1.54) is 16.2 Å². The second kappa shape index (κ2) is 6.45.